The zero-order chi connectivity index (χ0) is 27.6. The Morgan fingerprint density at radius 1 is 0.447 bits per heavy atom. The molecular weight excluding hydrogens is 464 g/mol. The van der Waals surface area contributed by atoms with Crippen LogP contribution in [0.1, 0.15) is 194 Å². The number of rotatable bonds is 31. The summed E-state index contributed by atoms with van der Waals surface area (Å²) in [6, 6.07) is 0. The van der Waals surface area contributed by atoms with Crippen LogP contribution in [0.4, 0.5) is 0 Å². The Kier molecular flexibility index (Phi) is 33.0. The van der Waals surface area contributed by atoms with Gasteiger partial charge in [0.15, 0.2) is 0 Å². The molecule has 0 aliphatic heterocycles. The third kappa shape index (κ3) is 33.0. The second-order valence-corrected chi connectivity index (χ2v) is 11.6. The van der Waals surface area contributed by atoms with E-state index in [4.69, 9.17) is 4.74 Å². The van der Waals surface area contributed by atoms with Crippen LogP contribution in [0, 0.1) is 0 Å². The van der Waals surface area contributed by atoms with Gasteiger partial charge < -0.3 is 4.74 Å². The predicted octanol–water partition coefficient (Wildman–Crippen LogP) is 12.6. The standard InChI is InChI=1S/C36H68O2/c1-3-5-7-9-11-13-15-17-19-20-21-22-24-26-28-30-32-34-36(37)38-35-33-31-29-27-25-23-18-16-14-12-10-8-6-4-2/h28,30,32,34H,3-27,29,31,33,35H2,1-2H3. The molecule has 0 heterocycles. The van der Waals surface area contributed by atoms with E-state index in [-0.39, 0.29) is 5.97 Å². The molecule has 0 aromatic rings. The van der Waals surface area contributed by atoms with Crippen LogP contribution in [-0.2, 0) is 9.53 Å². The first kappa shape index (κ1) is 37.0. The summed E-state index contributed by atoms with van der Waals surface area (Å²) in [6.45, 7) is 5.13. The molecule has 0 radical (unpaired) electrons. The Morgan fingerprint density at radius 2 is 0.789 bits per heavy atom. The van der Waals surface area contributed by atoms with Gasteiger partial charge in [0, 0.05) is 6.08 Å². The van der Waals surface area contributed by atoms with Crippen LogP contribution < -0.4 is 0 Å². The van der Waals surface area contributed by atoms with Crippen molar-refractivity contribution in [1.29, 1.82) is 0 Å². The number of unbranched alkanes of at least 4 members (excludes halogenated alkanes) is 26. The van der Waals surface area contributed by atoms with E-state index in [9.17, 15) is 4.79 Å². The fraction of sp³-hybridized carbons (Fsp3) is 0.861. The first-order chi connectivity index (χ1) is 18.8. The molecule has 0 aromatic heterocycles. The van der Waals surface area contributed by atoms with Gasteiger partial charge in [0.25, 0.3) is 0 Å². The van der Waals surface area contributed by atoms with Crippen molar-refractivity contribution in [2.45, 2.75) is 194 Å². The average molecular weight is 533 g/mol. The molecule has 0 aliphatic rings. The number of allylic oxidation sites excluding steroid dienone is 3. The molecule has 0 rings (SSSR count). The van der Waals surface area contributed by atoms with Crippen LogP contribution in [-0.4, -0.2) is 12.6 Å². The lowest BCUT2D eigenvalue weighted by Crippen LogP contribution is -2.02. The Balaban J connectivity index is 3.28. The summed E-state index contributed by atoms with van der Waals surface area (Å²) in [4.78, 5) is 11.8. The van der Waals surface area contributed by atoms with Gasteiger partial charge in [0.1, 0.15) is 0 Å². The smallest absolute Gasteiger partial charge is 0.330 e. The summed E-state index contributed by atoms with van der Waals surface area (Å²) in [5.41, 5.74) is 0. The summed E-state index contributed by atoms with van der Waals surface area (Å²) in [6.07, 6.45) is 45.6. The maximum atomic E-state index is 11.8. The summed E-state index contributed by atoms with van der Waals surface area (Å²) in [5.74, 6) is -0.203. The topological polar surface area (TPSA) is 26.3 Å². The fourth-order valence-electron chi connectivity index (χ4n) is 5.11. The normalized spacial score (nSPS) is 11.7. The molecule has 0 saturated heterocycles. The highest BCUT2D eigenvalue weighted by molar-refractivity contribution is 5.82. The van der Waals surface area contributed by atoms with Crippen molar-refractivity contribution >= 4 is 5.97 Å². The quantitative estimate of drug-likeness (QED) is 0.0384. The first-order valence-electron chi connectivity index (χ1n) is 17.3. The van der Waals surface area contributed by atoms with Gasteiger partial charge >= 0.3 is 5.97 Å². The van der Waals surface area contributed by atoms with E-state index >= 15 is 0 Å². The predicted molar refractivity (Wildman–Crippen MR) is 170 cm³/mol. The molecule has 38 heavy (non-hydrogen) atoms. The highest BCUT2D eigenvalue weighted by atomic mass is 16.5. The van der Waals surface area contributed by atoms with Crippen molar-refractivity contribution in [3.05, 3.63) is 24.3 Å². The third-order valence-electron chi connectivity index (χ3n) is 7.70. The zero-order valence-electron chi connectivity index (χ0n) is 26.1. The van der Waals surface area contributed by atoms with Crippen molar-refractivity contribution in [2.75, 3.05) is 6.61 Å². The van der Waals surface area contributed by atoms with Gasteiger partial charge in [-0.3, -0.25) is 0 Å². The second-order valence-electron chi connectivity index (χ2n) is 11.6. The number of hydrogen-bond acceptors (Lipinski definition) is 2. The van der Waals surface area contributed by atoms with E-state index in [0.717, 1.165) is 12.8 Å². The van der Waals surface area contributed by atoms with E-state index in [1.807, 2.05) is 12.2 Å². The Labute approximate surface area is 239 Å². The van der Waals surface area contributed by atoms with E-state index in [0.29, 0.717) is 6.61 Å². The lowest BCUT2D eigenvalue weighted by atomic mass is 10.0. The van der Waals surface area contributed by atoms with Crippen LogP contribution in [0.3, 0.4) is 0 Å². The van der Waals surface area contributed by atoms with Gasteiger partial charge in [-0.05, 0) is 19.3 Å². The molecule has 0 spiro atoms. The Bertz CT molecular complexity index is 507. The maximum absolute atomic E-state index is 11.8. The Morgan fingerprint density at radius 3 is 1.18 bits per heavy atom. The van der Waals surface area contributed by atoms with Crippen LogP contribution in [0.5, 0.6) is 0 Å². The van der Waals surface area contributed by atoms with Crippen LogP contribution in [0.15, 0.2) is 24.3 Å². The van der Waals surface area contributed by atoms with Crippen LogP contribution in [0.25, 0.3) is 0 Å². The number of carbonyl (C=O) groups excluding carboxylic acids is 1. The van der Waals surface area contributed by atoms with Crippen molar-refractivity contribution in [3.8, 4) is 0 Å². The second kappa shape index (κ2) is 34.0. The molecule has 0 fully saturated rings. The minimum absolute atomic E-state index is 0.203. The minimum atomic E-state index is -0.203. The summed E-state index contributed by atoms with van der Waals surface area (Å²) in [5, 5.41) is 0. The van der Waals surface area contributed by atoms with Crippen molar-refractivity contribution < 1.29 is 9.53 Å². The van der Waals surface area contributed by atoms with Gasteiger partial charge in [0.2, 0.25) is 0 Å². The average Bonchev–Trinajstić information content (AvgIpc) is 2.92. The van der Waals surface area contributed by atoms with Gasteiger partial charge in [-0.1, -0.05) is 193 Å². The van der Waals surface area contributed by atoms with Crippen LogP contribution in [0.2, 0.25) is 0 Å². The van der Waals surface area contributed by atoms with E-state index in [1.165, 1.54) is 167 Å². The highest BCUT2D eigenvalue weighted by Gasteiger charge is 1.97. The maximum Gasteiger partial charge on any atom is 0.330 e. The van der Waals surface area contributed by atoms with Gasteiger partial charge in [-0.25, -0.2) is 4.79 Å². The monoisotopic (exact) mass is 533 g/mol. The molecule has 2 heteroatoms. The molecule has 0 bridgehead atoms. The minimum Gasteiger partial charge on any atom is -0.463 e. The molecule has 0 aromatic carbocycles. The van der Waals surface area contributed by atoms with Gasteiger partial charge in [0.05, 0.1) is 6.61 Å². The molecule has 224 valence electrons. The third-order valence-corrected chi connectivity index (χ3v) is 7.70. The summed E-state index contributed by atoms with van der Waals surface area (Å²) in [7, 11) is 0. The summed E-state index contributed by atoms with van der Waals surface area (Å²) >= 11 is 0. The SMILES string of the molecule is CCCCCCCCCCCCCCCC=CC=CC(=O)OCCCCCCCCCCCCCCCC. The van der Waals surface area contributed by atoms with Crippen LogP contribution >= 0.6 is 0 Å². The molecule has 0 N–H and O–H groups in total. The molecule has 0 amide bonds. The fourth-order valence-corrected chi connectivity index (χ4v) is 5.11. The molecule has 0 saturated carbocycles. The molecule has 0 atom stereocenters. The van der Waals surface area contributed by atoms with E-state index < -0.39 is 0 Å². The van der Waals surface area contributed by atoms with Crippen molar-refractivity contribution in [2.24, 2.45) is 0 Å². The molecular formula is C36H68O2. The highest BCUT2D eigenvalue weighted by Crippen LogP contribution is 2.14. The molecule has 2 nitrogen and oxygen atoms in total. The van der Waals surface area contributed by atoms with Crippen molar-refractivity contribution in [3.63, 3.8) is 0 Å². The van der Waals surface area contributed by atoms with E-state index in [1.54, 1.807) is 6.08 Å². The Hall–Kier alpha value is -1.05. The van der Waals surface area contributed by atoms with Gasteiger partial charge in [-0.2, -0.15) is 0 Å². The zero-order valence-corrected chi connectivity index (χ0v) is 26.1. The lowest BCUT2D eigenvalue weighted by Gasteiger charge is -2.04. The van der Waals surface area contributed by atoms with Gasteiger partial charge in [-0.15, -0.1) is 0 Å². The summed E-state index contributed by atoms with van der Waals surface area (Å²) < 4.78 is 5.32. The number of carbonyl (C=O) groups is 1. The van der Waals surface area contributed by atoms with E-state index in [2.05, 4.69) is 19.9 Å². The number of hydrogen-bond donors (Lipinski definition) is 0. The largest absolute Gasteiger partial charge is 0.463 e. The number of ether oxygens (including phenoxy) is 1. The molecule has 0 unspecified atom stereocenters. The number of esters is 1. The lowest BCUT2D eigenvalue weighted by molar-refractivity contribution is -0.137. The van der Waals surface area contributed by atoms with Crippen molar-refractivity contribution in [1.82, 2.24) is 0 Å². The first-order valence-corrected chi connectivity index (χ1v) is 17.3. The molecule has 0 aliphatic carbocycles.